The molecule has 0 aliphatic heterocycles. The van der Waals surface area contributed by atoms with E-state index in [2.05, 4.69) is 150 Å². The summed E-state index contributed by atoms with van der Waals surface area (Å²) in [6, 6.07) is 42.3. The first kappa shape index (κ1) is 39.1. The molecule has 0 saturated carbocycles. The largest absolute Gasteiger partial charge is 0.500 e. The van der Waals surface area contributed by atoms with Crippen molar-refractivity contribution in [1.82, 2.24) is 9.97 Å². The molecule has 3 nitrogen and oxygen atoms in total. The van der Waals surface area contributed by atoms with Crippen LogP contribution in [0.1, 0.15) is 64.5 Å². The number of furan rings is 1. The second kappa shape index (κ2) is 16.7. The maximum atomic E-state index is 6.08. The van der Waals surface area contributed by atoms with Crippen molar-refractivity contribution >= 4 is 35.2 Å². The molecule has 5 heteroatoms. The van der Waals surface area contributed by atoms with Crippen LogP contribution in [0, 0.1) is 17.5 Å². The molecule has 3 heterocycles. The van der Waals surface area contributed by atoms with Gasteiger partial charge in [-0.2, -0.15) is 0 Å². The first-order valence-corrected chi connectivity index (χ1v) is 21.8. The van der Waals surface area contributed by atoms with Crippen LogP contribution in [0.25, 0.3) is 55.6 Å². The molecule has 1 radical (unpaired) electrons. The summed E-state index contributed by atoms with van der Waals surface area (Å²) in [6.45, 7) is 18.6. The van der Waals surface area contributed by atoms with E-state index in [0.717, 1.165) is 63.7 Å². The van der Waals surface area contributed by atoms with Gasteiger partial charge in [0.1, 0.15) is 5.58 Å². The summed E-state index contributed by atoms with van der Waals surface area (Å²) in [7, 11) is -1.37. The molecule has 7 rings (SSSR count). The van der Waals surface area contributed by atoms with Crippen LogP contribution >= 0.6 is 0 Å². The number of pyridine rings is 2. The molecule has 0 spiro atoms. The summed E-state index contributed by atoms with van der Waals surface area (Å²) < 4.78 is 6.08. The van der Waals surface area contributed by atoms with Gasteiger partial charge in [0.25, 0.3) is 0 Å². The molecule has 0 N–H and O–H groups in total. The summed E-state index contributed by atoms with van der Waals surface area (Å²) in [4.78, 5) is 9.34. The predicted molar refractivity (Wildman–Crippen MR) is 219 cm³/mol. The minimum absolute atomic E-state index is 0. The first-order chi connectivity index (χ1) is 24.4. The van der Waals surface area contributed by atoms with Crippen LogP contribution < -0.4 is 5.19 Å². The van der Waals surface area contributed by atoms with Gasteiger partial charge in [0.15, 0.2) is 0 Å². The van der Waals surface area contributed by atoms with Crippen molar-refractivity contribution in [2.24, 2.45) is 5.41 Å². The predicted octanol–water partition coefficient (Wildman–Crippen LogP) is 12.7. The fraction of sp³-hybridized carbons (Fsp3) is 0.277. The summed E-state index contributed by atoms with van der Waals surface area (Å²) >= 11 is 0. The Morgan fingerprint density at radius 1 is 0.712 bits per heavy atom. The van der Waals surface area contributed by atoms with E-state index in [1.807, 2.05) is 36.5 Å². The van der Waals surface area contributed by atoms with Crippen molar-refractivity contribution in [1.29, 1.82) is 0 Å². The molecule has 7 aromatic rings. The minimum Gasteiger partial charge on any atom is -0.500 e. The Morgan fingerprint density at radius 3 is 2.10 bits per heavy atom. The number of rotatable bonds is 8. The van der Waals surface area contributed by atoms with Crippen LogP contribution in [0.3, 0.4) is 0 Å². The summed E-state index contributed by atoms with van der Waals surface area (Å²) in [6.07, 6.45) is 7.40. The number of nitrogens with zero attached hydrogens (tertiary/aromatic N) is 2. The minimum atomic E-state index is -1.37. The van der Waals surface area contributed by atoms with Gasteiger partial charge in [0, 0.05) is 37.9 Å². The van der Waals surface area contributed by atoms with Crippen LogP contribution in [0.5, 0.6) is 0 Å². The molecule has 0 amide bonds. The molecule has 0 atom stereocenters. The van der Waals surface area contributed by atoms with Gasteiger partial charge in [-0.25, -0.2) is 0 Å². The average molecular weight is 879 g/mol. The Balaban J connectivity index is 0.000000210. The number of aromatic nitrogens is 2. The molecule has 269 valence electrons. The van der Waals surface area contributed by atoms with Gasteiger partial charge in [-0.1, -0.05) is 119 Å². The topological polar surface area (TPSA) is 38.9 Å². The Kier molecular flexibility index (Phi) is 12.5. The zero-order chi connectivity index (χ0) is 36.2. The Morgan fingerprint density at radius 2 is 1.42 bits per heavy atom. The average Bonchev–Trinajstić information content (AvgIpc) is 3.49. The van der Waals surface area contributed by atoms with Gasteiger partial charge in [-0.15, -0.1) is 59.7 Å². The molecule has 52 heavy (non-hydrogen) atoms. The fourth-order valence-corrected chi connectivity index (χ4v) is 8.45. The molecule has 0 unspecified atom stereocenters. The van der Waals surface area contributed by atoms with E-state index in [1.54, 1.807) is 0 Å². The molecule has 3 aromatic heterocycles. The van der Waals surface area contributed by atoms with Crippen LogP contribution in [0.2, 0.25) is 19.6 Å². The van der Waals surface area contributed by atoms with Gasteiger partial charge in [0.2, 0.25) is 0 Å². The SMILES string of the molecule is CC(C)(C)Cc1cc(-c2[c-]cccc2)ncc1[Si](C)(C)C.CCC(CC)c1ccnc(-c2[c-]cc3oc4ccc(-c5ccccc5)cc4c3c2)c1.[Ir]. The number of hydrogen-bond acceptors (Lipinski definition) is 3. The van der Waals surface area contributed by atoms with E-state index in [0.29, 0.717) is 5.92 Å². The van der Waals surface area contributed by atoms with Gasteiger partial charge in [-0.3, -0.25) is 0 Å². The second-order valence-corrected chi connectivity index (χ2v) is 20.8. The third-order valence-corrected chi connectivity index (χ3v) is 11.6. The van der Waals surface area contributed by atoms with Gasteiger partial charge in [-0.05, 0) is 76.5 Å². The molecule has 0 bridgehead atoms. The Hall–Kier alpha value is -4.15. The van der Waals surface area contributed by atoms with Crippen LogP contribution in [-0.2, 0) is 26.5 Å². The monoisotopic (exact) mass is 879 g/mol. The standard InChI is InChI=1S/C28H24NO.C19H26NSi.Ir/c1-3-19(4-2)22-14-15-29-26(18-22)23-11-13-28-25(17-23)24-16-21(10-12-27(24)30-28)20-8-6-5-7-9-20;1-19(2,3)13-16-12-17(15-10-8-7-9-11-15)20-14-18(16)21(4,5)6;/h5-10,12-19H,3-4H2,1-2H3;7-10,12,14H,13H2,1-6H3;/q2*-1;. The van der Waals surface area contributed by atoms with Gasteiger partial charge >= 0.3 is 0 Å². The summed E-state index contributed by atoms with van der Waals surface area (Å²) in [5, 5.41) is 3.71. The van der Waals surface area contributed by atoms with Crippen molar-refractivity contribution in [2.45, 2.75) is 79.4 Å². The Bertz CT molecular complexity index is 2230. The third kappa shape index (κ3) is 9.25. The first-order valence-electron chi connectivity index (χ1n) is 18.3. The normalized spacial score (nSPS) is 11.7. The maximum Gasteiger partial charge on any atom is 0.121 e. The smallest absolute Gasteiger partial charge is 0.121 e. The second-order valence-electron chi connectivity index (χ2n) is 15.8. The van der Waals surface area contributed by atoms with Crippen molar-refractivity contribution in [2.75, 3.05) is 0 Å². The van der Waals surface area contributed by atoms with Crippen LogP contribution in [-0.4, -0.2) is 18.0 Å². The van der Waals surface area contributed by atoms with Crippen molar-refractivity contribution in [3.8, 4) is 33.6 Å². The van der Waals surface area contributed by atoms with Crippen molar-refractivity contribution in [3.63, 3.8) is 0 Å². The van der Waals surface area contributed by atoms with E-state index < -0.39 is 8.07 Å². The zero-order valence-electron chi connectivity index (χ0n) is 31.8. The van der Waals surface area contributed by atoms with Gasteiger partial charge in [0.05, 0.1) is 13.7 Å². The van der Waals surface area contributed by atoms with E-state index >= 15 is 0 Å². The quantitative estimate of drug-likeness (QED) is 0.113. The van der Waals surface area contributed by atoms with Crippen molar-refractivity contribution in [3.05, 3.63) is 139 Å². The molecular weight excluding hydrogens is 829 g/mol. The van der Waals surface area contributed by atoms with Crippen LogP contribution in [0.4, 0.5) is 0 Å². The molecule has 0 aliphatic carbocycles. The van der Waals surface area contributed by atoms with Gasteiger partial charge < -0.3 is 14.4 Å². The molecule has 0 fully saturated rings. The van der Waals surface area contributed by atoms with E-state index in [4.69, 9.17) is 9.40 Å². The molecule has 0 aliphatic rings. The third-order valence-electron chi connectivity index (χ3n) is 9.53. The summed E-state index contributed by atoms with van der Waals surface area (Å²) in [5.74, 6) is 0.568. The van der Waals surface area contributed by atoms with E-state index in [-0.39, 0.29) is 25.5 Å². The van der Waals surface area contributed by atoms with E-state index in [1.165, 1.54) is 27.4 Å². The number of hydrogen-bond donors (Lipinski definition) is 0. The number of benzene rings is 4. The fourth-order valence-electron chi connectivity index (χ4n) is 6.88. The Labute approximate surface area is 325 Å². The summed E-state index contributed by atoms with van der Waals surface area (Å²) in [5.41, 5.74) is 11.3. The molecular formula is C47H50IrN2OSi-2. The molecule has 0 saturated heterocycles. The van der Waals surface area contributed by atoms with Crippen molar-refractivity contribution < 1.29 is 24.5 Å². The maximum absolute atomic E-state index is 6.08. The van der Waals surface area contributed by atoms with E-state index in [9.17, 15) is 0 Å². The zero-order valence-corrected chi connectivity index (χ0v) is 35.2. The molecule has 4 aromatic carbocycles. The number of fused-ring (bicyclic) bond motifs is 3. The van der Waals surface area contributed by atoms with Crippen LogP contribution in [0.15, 0.2) is 120 Å².